The lowest BCUT2D eigenvalue weighted by molar-refractivity contribution is -0.118. The van der Waals surface area contributed by atoms with Crippen LogP contribution in [0.15, 0.2) is 24.3 Å². The average molecular weight is 292 g/mol. The first-order valence-corrected chi connectivity index (χ1v) is 7.50. The zero-order valence-corrected chi connectivity index (χ0v) is 12.6. The number of anilines is 1. The van der Waals surface area contributed by atoms with E-state index >= 15 is 0 Å². The Bertz CT molecular complexity index is 451. The summed E-state index contributed by atoms with van der Waals surface area (Å²) in [5, 5.41) is 6.31. The molecule has 2 rings (SSSR count). The van der Waals surface area contributed by atoms with Crippen LogP contribution in [0.5, 0.6) is 0 Å². The number of hydrogen-bond donors (Lipinski definition) is 2. The molecule has 1 aromatic rings. The van der Waals surface area contributed by atoms with Gasteiger partial charge in [0.2, 0.25) is 5.91 Å². The highest BCUT2D eigenvalue weighted by Gasteiger charge is 2.22. The molecule has 1 aliphatic rings. The van der Waals surface area contributed by atoms with Gasteiger partial charge in [-0.05, 0) is 37.4 Å². The molecule has 1 amide bonds. The van der Waals surface area contributed by atoms with Crippen molar-refractivity contribution < 1.29 is 14.3 Å². The first-order chi connectivity index (χ1) is 10.3. The van der Waals surface area contributed by atoms with E-state index in [1.54, 1.807) is 7.11 Å². The van der Waals surface area contributed by atoms with Crippen molar-refractivity contribution in [1.82, 2.24) is 5.32 Å². The molecule has 1 atom stereocenters. The Hall–Kier alpha value is -1.43. The van der Waals surface area contributed by atoms with E-state index < -0.39 is 0 Å². The van der Waals surface area contributed by atoms with Crippen LogP contribution in [0.25, 0.3) is 0 Å². The molecule has 0 aliphatic carbocycles. The largest absolute Gasteiger partial charge is 0.382 e. The molecule has 0 aromatic heterocycles. The number of carbonyl (C=O) groups excluding carboxylic acids is 1. The van der Waals surface area contributed by atoms with Crippen molar-refractivity contribution in [2.45, 2.75) is 25.3 Å². The van der Waals surface area contributed by atoms with Crippen molar-refractivity contribution in [3.63, 3.8) is 0 Å². The van der Waals surface area contributed by atoms with Gasteiger partial charge in [0, 0.05) is 19.4 Å². The highest BCUT2D eigenvalue weighted by atomic mass is 16.5. The van der Waals surface area contributed by atoms with Gasteiger partial charge in [-0.2, -0.15) is 0 Å². The minimum Gasteiger partial charge on any atom is -0.382 e. The third-order valence-electron chi connectivity index (χ3n) is 3.58. The molecule has 1 heterocycles. The average Bonchev–Trinajstić information content (AvgIpc) is 2.65. The Kier molecular flexibility index (Phi) is 6.66. The molecule has 116 valence electrons. The topological polar surface area (TPSA) is 59.6 Å². The standard InChI is InChI=1S/C16H24N2O3/c1-20-11-12-21-10-4-9-17-15-8-7-13-5-2-3-6-14(13)18-16(15)19/h2-3,5-6,15,17H,4,7-12H2,1H3,(H,18,19). The predicted molar refractivity (Wildman–Crippen MR) is 82.5 cm³/mol. The summed E-state index contributed by atoms with van der Waals surface area (Å²) in [5.41, 5.74) is 2.15. The highest BCUT2D eigenvalue weighted by molar-refractivity contribution is 5.96. The number of rotatable bonds is 8. The predicted octanol–water partition coefficient (Wildman–Crippen LogP) is 1.58. The monoisotopic (exact) mass is 292 g/mol. The Balaban J connectivity index is 1.69. The number of aryl methyl sites for hydroxylation is 1. The number of nitrogens with one attached hydrogen (secondary N) is 2. The molecule has 0 radical (unpaired) electrons. The second kappa shape index (κ2) is 8.77. The van der Waals surface area contributed by atoms with Crippen LogP contribution in [-0.4, -0.2) is 45.4 Å². The molecule has 21 heavy (non-hydrogen) atoms. The van der Waals surface area contributed by atoms with E-state index in [0.717, 1.165) is 31.5 Å². The SMILES string of the molecule is COCCOCCCNC1CCc2ccccc2NC1=O. The lowest BCUT2D eigenvalue weighted by atomic mass is 10.1. The van der Waals surface area contributed by atoms with Crippen LogP contribution in [0.2, 0.25) is 0 Å². The number of fused-ring (bicyclic) bond motifs is 1. The number of amides is 1. The van der Waals surface area contributed by atoms with Gasteiger partial charge in [-0.15, -0.1) is 0 Å². The van der Waals surface area contributed by atoms with E-state index in [0.29, 0.717) is 19.8 Å². The summed E-state index contributed by atoms with van der Waals surface area (Å²) in [5.74, 6) is 0.0558. The van der Waals surface area contributed by atoms with Crippen LogP contribution in [0.4, 0.5) is 5.69 Å². The number of hydrogen-bond acceptors (Lipinski definition) is 4. The van der Waals surface area contributed by atoms with Gasteiger partial charge in [0.15, 0.2) is 0 Å². The quantitative estimate of drug-likeness (QED) is 0.714. The Labute approximate surface area is 126 Å². The summed E-state index contributed by atoms with van der Waals surface area (Å²) in [6.45, 7) is 2.71. The molecule has 1 aromatic carbocycles. The Morgan fingerprint density at radius 3 is 3.00 bits per heavy atom. The highest BCUT2D eigenvalue weighted by Crippen LogP contribution is 2.21. The van der Waals surface area contributed by atoms with Gasteiger partial charge in [-0.3, -0.25) is 4.79 Å². The third-order valence-corrected chi connectivity index (χ3v) is 3.58. The van der Waals surface area contributed by atoms with Gasteiger partial charge in [-0.25, -0.2) is 0 Å². The first kappa shape index (κ1) is 15.9. The van der Waals surface area contributed by atoms with Gasteiger partial charge in [0.1, 0.15) is 0 Å². The summed E-state index contributed by atoms with van der Waals surface area (Å²) in [6.07, 6.45) is 2.63. The fraction of sp³-hybridized carbons (Fsp3) is 0.562. The molecule has 0 spiro atoms. The van der Waals surface area contributed by atoms with Gasteiger partial charge >= 0.3 is 0 Å². The zero-order chi connectivity index (χ0) is 14.9. The molecular weight excluding hydrogens is 268 g/mol. The van der Waals surface area contributed by atoms with E-state index in [1.807, 2.05) is 18.2 Å². The Morgan fingerprint density at radius 2 is 2.14 bits per heavy atom. The Morgan fingerprint density at radius 1 is 1.29 bits per heavy atom. The number of methoxy groups -OCH3 is 1. The van der Waals surface area contributed by atoms with E-state index in [9.17, 15) is 4.79 Å². The third kappa shape index (κ3) is 5.12. The minimum atomic E-state index is -0.128. The van der Waals surface area contributed by atoms with Crippen LogP contribution in [0, 0.1) is 0 Å². The van der Waals surface area contributed by atoms with Crippen LogP contribution in [0.1, 0.15) is 18.4 Å². The number of benzene rings is 1. The molecule has 1 unspecified atom stereocenters. The number of para-hydroxylation sites is 1. The van der Waals surface area contributed by atoms with Crippen molar-refractivity contribution in [2.75, 3.05) is 38.8 Å². The molecule has 5 nitrogen and oxygen atoms in total. The summed E-state index contributed by atoms with van der Waals surface area (Å²) < 4.78 is 10.3. The lowest BCUT2D eigenvalue weighted by Gasteiger charge is -2.15. The number of carbonyl (C=O) groups is 1. The lowest BCUT2D eigenvalue weighted by Crippen LogP contribution is -2.40. The van der Waals surface area contributed by atoms with Crippen LogP contribution in [0.3, 0.4) is 0 Å². The van der Waals surface area contributed by atoms with Crippen molar-refractivity contribution in [2.24, 2.45) is 0 Å². The van der Waals surface area contributed by atoms with Gasteiger partial charge in [0.25, 0.3) is 0 Å². The summed E-state index contributed by atoms with van der Waals surface area (Å²) >= 11 is 0. The maximum absolute atomic E-state index is 12.2. The molecule has 0 fully saturated rings. The van der Waals surface area contributed by atoms with E-state index in [1.165, 1.54) is 5.56 Å². The summed E-state index contributed by atoms with van der Waals surface area (Å²) in [6, 6.07) is 7.86. The van der Waals surface area contributed by atoms with Crippen molar-refractivity contribution in [1.29, 1.82) is 0 Å². The fourth-order valence-electron chi connectivity index (χ4n) is 2.40. The summed E-state index contributed by atoms with van der Waals surface area (Å²) in [7, 11) is 1.66. The van der Waals surface area contributed by atoms with E-state index in [2.05, 4.69) is 16.7 Å². The van der Waals surface area contributed by atoms with Crippen LogP contribution < -0.4 is 10.6 Å². The first-order valence-electron chi connectivity index (χ1n) is 7.50. The van der Waals surface area contributed by atoms with Crippen molar-refractivity contribution in [3.05, 3.63) is 29.8 Å². The van der Waals surface area contributed by atoms with E-state index in [-0.39, 0.29) is 11.9 Å². The molecule has 2 N–H and O–H groups in total. The second-order valence-corrected chi connectivity index (χ2v) is 5.15. The molecular formula is C16H24N2O3. The van der Waals surface area contributed by atoms with Gasteiger partial charge in [-0.1, -0.05) is 18.2 Å². The van der Waals surface area contributed by atoms with E-state index in [4.69, 9.17) is 9.47 Å². The maximum Gasteiger partial charge on any atom is 0.241 e. The number of ether oxygens (including phenoxy) is 2. The van der Waals surface area contributed by atoms with Crippen molar-refractivity contribution in [3.8, 4) is 0 Å². The smallest absolute Gasteiger partial charge is 0.241 e. The maximum atomic E-state index is 12.2. The minimum absolute atomic E-state index is 0.0558. The molecule has 0 saturated carbocycles. The molecule has 1 aliphatic heterocycles. The fourth-order valence-corrected chi connectivity index (χ4v) is 2.40. The van der Waals surface area contributed by atoms with Crippen LogP contribution in [-0.2, 0) is 20.7 Å². The molecule has 0 saturated heterocycles. The molecule has 0 bridgehead atoms. The zero-order valence-electron chi connectivity index (χ0n) is 12.6. The molecule has 5 heteroatoms. The van der Waals surface area contributed by atoms with Crippen LogP contribution >= 0.6 is 0 Å². The normalized spacial score (nSPS) is 18.0. The van der Waals surface area contributed by atoms with Gasteiger partial charge < -0.3 is 20.1 Å². The summed E-state index contributed by atoms with van der Waals surface area (Å²) in [4.78, 5) is 12.2. The van der Waals surface area contributed by atoms with Gasteiger partial charge in [0.05, 0.1) is 19.3 Å². The van der Waals surface area contributed by atoms with Crippen molar-refractivity contribution >= 4 is 11.6 Å². The second-order valence-electron chi connectivity index (χ2n) is 5.15.